The lowest BCUT2D eigenvalue weighted by atomic mass is 9.60. The van der Waals surface area contributed by atoms with E-state index >= 15 is 0 Å². The minimum Gasteiger partial charge on any atom is -0.401 e. The van der Waals surface area contributed by atoms with E-state index < -0.39 is 11.2 Å². The Balaban J connectivity index is 1.50. The van der Waals surface area contributed by atoms with Crippen LogP contribution in [0.3, 0.4) is 0 Å². The SMILES string of the molecule is NC1=C(C(=O)C2=CC(c3ccncc3)=NCN2)CCC[C@@]12CCCCC21OCCO1. The molecule has 1 aromatic rings. The van der Waals surface area contributed by atoms with E-state index in [-0.39, 0.29) is 5.78 Å². The first kappa shape index (κ1) is 19.5. The normalized spacial score (nSPS) is 28.3. The minimum absolute atomic E-state index is 0.0354. The van der Waals surface area contributed by atoms with Crippen LogP contribution in [-0.2, 0) is 14.3 Å². The van der Waals surface area contributed by atoms with Crippen molar-refractivity contribution in [2.45, 2.75) is 50.7 Å². The lowest BCUT2D eigenvalue weighted by Gasteiger charge is -2.52. The molecule has 0 bridgehead atoms. The average Bonchev–Trinajstić information content (AvgIpc) is 3.27. The summed E-state index contributed by atoms with van der Waals surface area (Å²) in [4.78, 5) is 22.1. The molecular formula is C23H28N4O3. The molecule has 2 aliphatic carbocycles. The van der Waals surface area contributed by atoms with E-state index in [0.29, 0.717) is 43.3 Å². The first-order valence-corrected chi connectivity index (χ1v) is 10.9. The summed E-state index contributed by atoms with van der Waals surface area (Å²) in [5, 5.41) is 3.15. The Morgan fingerprint density at radius 2 is 1.80 bits per heavy atom. The number of hydrogen-bond donors (Lipinski definition) is 2. The predicted octanol–water partition coefficient (Wildman–Crippen LogP) is 2.58. The molecule has 0 aromatic carbocycles. The number of nitrogens with zero attached hydrogens (tertiary/aromatic N) is 2. The summed E-state index contributed by atoms with van der Waals surface area (Å²) in [7, 11) is 0. The number of ketones is 1. The van der Waals surface area contributed by atoms with E-state index in [4.69, 9.17) is 15.2 Å². The van der Waals surface area contributed by atoms with E-state index in [1.807, 2.05) is 18.2 Å². The number of nitrogens with two attached hydrogens (primary N) is 1. The van der Waals surface area contributed by atoms with Gasteiger partial charge in [0.1, 0.15) is 6.67 Å². The van der Waals surface area contributed by atoms with Crippen molar-refractivity contribution < 1.29 is 14.3 Å². The Labute approximate surface area is 176 Å². The lowest BCUT2D eigenvalue weighted by molar-refractivity contribution is -0.248. The highest BCUT2D eigenvalue weighted by Gasteiger charge is 2.59. The third-order valence-electron chi connectivity index (χ3n) is 7.01. The van der Waals surface area contributed by atoms with Gasteiger partial charge in [-0.15, -0.1) is 0 Å². The molecule has 5 rings (SSSR count). The van der Waals surface area contributed by atoms with Crippen molar-refractivity contribution >= 4 is 11.5 Å². The number of fused-ring (bicyclic) bond motifs is 1. The number of ether oxygens (including phenoxy) is 2. The average molecular weight is 409 g/mol. The Morgan fingerprint density at radius 1 is 1.07 bits per heavy atom. The molecule has 3 heterocycles. The standard InChI is InChI=1S/C23H28N4O3/c24-21-17(4-3-8-22(21)7-1-2-9-23(22)29-12-13-30-23)20(28)19-14-18(26-15-27-19)16-5-10-25-11-6-16/h5-6,10-11,14,27H,1-4,7-9,12-13,15,24H2/t22-/m0/s1. The Hall–Kier alpha value is -2.51. The summed E-state index contributed by atoms with van der Waals surface area (Å²) in [5.41, 5.74) is 10.1. The summed E-state index contributed by atoms with van der Waals surface area (Å²) in [6, 6.07) is 3.79. The number of hydrogen-bond acceptors (Lipinski definition) is 7. The number of rotatable bonds is 3. The molecule has 1 saturated carbocycles. The third-order valence-corrected chi connectivity index (χ3v) is 7.01. The molecular weight excluding hydrogens is 380 g/mol. The van der Waals surface area contributed by atoms with E-state index in [0.717, 1.165) is 49.8 Å². The monoisotopic (exact) mass is 408 g/mol. The second-order valence-electron chi connectivity index (χ2n) is 8.49. The van der Waals surface area contributed by atoms with Gasteiger partial charge in [-0.3, -0.25) is 14.8 Å². The second kappa shape index (κ2) is 7.63. The summed E-state index contributed by atoms with van der Waals surface area (Å²) < 4.78 is 12.4. The molecule has 30 heavy (non-hydrogen) atoms. The number of aromatic nitrogens is 1. The minimum atomic E-state index is -0.667. The summed E-state index contributed by atoms with van der Waals surface area (Å²) in [6.07, 6.45) is 11.7. The van der Waals surface area contributed by atoms with Crippen LogP contribution in [0, 0.1) is 5.41 Å². The van der Waals surface area contributed by atoms with Gasteiger partial charge >= 0.3 is 0 Å². The molecule has 4 aliphatic rings. The quantitative estimate of drug-likeness (QED) is 0.798. The highest BCUT2D eigenvalue weighted by Crippen LogP contribution is 2.57. The highest BCUT2D eigenvalue weighted by atomic mass is 16.7. The van der Waals surface area contributed by atoms with Crippen molar-refractivity contribution in [2.75, 3.05) is 19.9 Å². The van der Waals surface area contributed by atoms with Gasteiger partial charge in [0.2, 0.25) is 5.78 Å². The molecule has 1 aromatic heterocycles. The van der Waals surface area contributed by atoms with E-state index in [9.17, 15) is 4.79 Å². The van der Waals surface area contributed by atoms with Crippen LogP contribution in [0.25, 0.3) is 0 Å². The van der Waals surface area contributed by atoms with Crippen LogP contribution >= 0.6 is 0 Å². The number of pyridine rings is 1. The molecule has 2 aliphatic heterocycles. The molecule has 3 N–H and O–H groups in total. The van der Waals surface area contributed by atoms with Crippen LogP contribution < -0.4 is 11.1 Å². The van der Waals surface area contributed by atoms with Gasteiger partial charge in [-0.05, 0) is 50.3 Å². The van der Waals surface area contributed by atoms with Crippen LogP contribution in [0.5, 0.6) is 0 Å². The fourth-order valence-corrected chi connectivity index (χ4v) is 5.55. The number of carbonyl (C=O) groups is 1. The molecule has 1 atom stereocenters. The fraction of sp³-hybridized carbons (Fsp3) is 0.522. The van der Waals surface area contributed by atoms with E-state index in [1.54, 1.807) is 12.4 Å². The molecule has 2 fully saturated rings. The fourth-order valence-electron chi connectivity index (χ4n) is 5.55. The van der Waals surface area contributed by atoms with Gasteiger partial charge in [0, 0.05) is 35.6 Å². The maximum Gasteiger partial charge on any atom is 0.206 e. The molecule has 1 saturated heterocycles. The van der Waals surface area contributed by atoms with Crippen molar-refractivity contribution in [2.24, 2.45) is 16.1 Å². The van der Waals surface area contributed by atoms with Crippen molar-refractivity contribution in [1.29, 1.82) is 0 Å². The number of Topliss-reactive ketones (excluding diaryl/α,β-unsaturated/α-hetero) is 1. The van der Waals surface area contributed by atoms with Crippen molar-refractivity contribution in [3.63, 3.8) is 0 Å². The molecule has 0 radical (unpaired) electrons. The second-order valence-corrected chi connectivity index (χ2v) is 8.49. The van der Waals surface area contributed by atoms with Gasteiger partial charge in [0.05, 0.1) is 30.0 Å². The van der Waals surface area contributed by atoms with Crippen molar-refractivity contribution in [3.8, 4) is 0 Å². The van der Waals surface area contributed by atoms with E-state index in [2.05, 4.69) is 15.3 Å². The van der Waals surface area contributed by atoms with Crippen molar-refractivity contribution in [1.82, 2.24) is 10.3 Å². The molecule has 158 valence electrons. The van der Waals surface area contributed by atoms with Crippen LogP contribution in [-0.4, -0.2) is 42.1 Å². The van der Waals surface area contributed by atoms with Crippen molar-refractivity contribution in [3.05, 3.63) is 53.1 Å². The maximum absolute atomic E-state index is 13.6. The number of aliphatic imine (C=N–C) groups is 1. The predicted molar refractivity (Wildman–Crippen MR) is 112 cm³/mol. The Morgan fingerprint density at radius 3 is 2.60 bits per heavy atom. The van der Waals surface area contributed by atoms with E-state index in [1.165, 1.54) is 0 Å². The maximum atomic E-state index is 13.6. The Kier molecular flexibility index (Phi) is 4.95. The number of nitrogens with one attached hydrogen (secondary N) is 1. The summed E-state index contributed by atoms with van der Waals surface area (Å²) >= 11 is 0. The van der Waals surface area contributed by atoms with Gasteiger partial charge in [-0.1, -0.05) is 6.42 Å². The topological polar surface area (TPSA) is 98.8 Å². The summed E-state index contributed by atoms with van der Waals surface area (Å²) in [5.74, 6) is -0.703. The molecule has 7 nitrogen and oxygen atoms in total. The zero-order valence-corrected chi connectivity index (χ0v) is 17.2. The smallest absolute Gasteiger partial charge is 0.206 e. The zero-order valence-electron chi connectivity index (χ0n) is 17.2. The van der Waals surface area contributed by atoms with Gasteiger partial charge in [0.25, 0.3) is 0 Å². The molecule has 2 spiro atoms. The number of allylic oxidation sites excluding steroid dienone is 2. The van der Waals surface area contributed by atoms with Gasteiger partial charge in [-0.25, -0.2) is 0 Å². The highest BCUT2D eigenvalue weighted by molar-refractivity contribution is 6.17. The Bertz CT molecular complexity index is 931. The largest absolute Gasteiger partial charge is 0.401 e. The van der Waals surface area contributed by atoms with Crippen LogP contribution in [0.2, 0.25) is 0 Å². The lowest BCUT2D eigenvalue weighted by Crippen LogP contribution is -2.56. The third kappa shape index (κ3) is 2.99. The first-order valence-electron chi connectivity index (χ1n) is 10.9. The first-order chi connectivity index (χ1) is 14.7. The van der Waals surface area contributed by atoms with Crippen LogP contribution in [0.15, 0.2) is 52.6 Å². The molecule has 0 unspecified atom stereocenters. The molecule has 7 heteroatoms. The van der Waals surface area contributed by atoms with Crippen LogP contribution in [0.1, 0.15) is 50.5 Å². The zero-order chi connectivity index (χ0) is 20.6. The molecule has 0 amide bonds. The van der Waals surface area contributed by atoms with Gasteiger partial charge in [0.15, 0.2) is 5.79 Å². The van der Waals surface area contributed by atoms with Gasteiger partial charge < -0.3 is 20.5 Å². The number of carbonyl (C=O) groups excluding carboxylic acids is 1. The summed E-state index contributed by atoms with van der Waals surface area (Å²) in [6.45, 7) is 1.55. The van der Waals surface area contributed by atoms with Crippen LogP contribution in [0.4, 0.5) is 0 Å². The van der Waals surface area contributed by atoms with Gasteiger partial charge in [-0.2, -0.15) is 0 Å².